The second-order valence-electron chi connectivity index (χ2n) is 5.43. The van der Waals surface area contributed by atoms with Gasteiger partial charge in [0.05, 0.1) is 7.11 Å². The van der Waals surface area contributed by atoms with Gasteiger partial charge in [0.25, 0.3) is 0 Å². The molecule has 0 saturated carbocycles. The predicted molar refractivity (Wildman–Crippen MR) is 87.2 cm³/mol. The molecule has 1 aliphatic rings. The number of hydrogen-bond acceptors (Lipinski definition) is 3. The van der Waals surface area contributed by atoms with Gasteiger partial charge in [-0.1, -0.05) is 29.8 Å². The highest BCUT2D eigenvalue weighted by Crippen LogP contribution is 2.30. The Morgan fingerprint density at radius 2 is 2.10 bits per heavy atom. The number of ether oxygens (including phenoxy) is 1. The molecule has 2 N–H and O–H groups in total. The average Bonchev–Trinajstić information content (AvgIpc) is 2.47. The maximum atomic E-state index is 6.20. The van der Waals surface area contributed by atoms with Crippen molar-refractivity contribution < 1.29 is 4.74 Å². The third kappa shape index (κ3) is 2.99. The maximum Gasteiger partial charge on any atom is 0.123 e. The third-order valence-corrected chi connectivity index (χ3v) is 4.11. The minimum Gasteiger partial charge on any atom is -0.496 e. The number of fused-ring (bicyclic) bond motifs is 1. The molecule has 110 valence electrons. The lowest BCUT2D eigenvalue weighted by molar-refractivity contribution is 0.408. The molecule has 0 aliphatic carbocycles. The summed E-state index contributed by atoms with van der Waals surface area (Å²) in [5.41, 5.74) is 9.83. The molecular weight excluding hydrogens is 284 g/mol. The van der Waals surface area contributed by atoms with Crippen molar-refractivity contribution in [2.75, 3.05) is 18.6 Å². The Labute approximate surface area is 130 Å². The number of halogens is 1. The van der Waals surface area contributed by atoms with Crippen molar-refractivity contribution >= 4 is 17.3 Å². The highest BCUT2D eigenvalue weighted by molar-refractivity contribution is 6.30. The van der Waals surface area contributed by atoms with E-state index in [0.29, 0.717) is 0 Å². The quantitative estimate of drug-likeness (QED) is 0.946. The van der Waals surface area contributed by atoms with Gasteiger partial charge in [-0.15, -0.1) is 0 Å². The van der Waals surface area contributed by atoms with Gasteiger partial charge in [-0.25, -0.2) is 0 Å². The second kappa shape index (κ2) is 5.96. The molecule has 3 rings (SSSR count). The first-order chi connectivity index (χ1) is 10.2. The van der Waals surface area contributed by atoms with Crippen LogP contribution < -0.4 is 15.4 Å². The second-order valence-corrected chi connectivity index (χ2v) is 5.87. The van der Waals surface area contributed by atoms with Crippen LogP contribution in [0.3, 0.4) is 0 Å². The summed E-state index contributed by atoms with van der Waals surface area (Å²) in [6.07, 6.45) is 0.930. The van der Waals surface area contributed by atoms with E-state index in [4.69, 9.17) is 22.1 Å². The molecule has 1 atom stereocenters. The molecule has 2 aromatic rings. The predicted octanol–water partition coefficient (Wildman–Crippen LogP) is 3.24. The zero-order chi connectivity index (χ0) is 14.8. The Hall–Kier alpha value is -1.71. The number of nitrogens with two attached hydrogens (primary N) is 1. The van der Waals surface area contributed by atoms with Crippen LogP contribution in [-0.2, 0) is 13.0 Å². The Kier molecular flexibility index (Phi) is 4.04. The van der Waals surface area contributed by atoms with Gasteiger partial charge in [-0.2, -0.15) is 0 Å². The van der Waals surface area contributed by atoms with Gasteiger partial charge in [-0.3, -0.25) is 0 Å². The minimum atomic E-state index is 0.157. The number of methoxy groups -OCH3 is 1. The topological polar surface area (TPSA) is 38.5 Å². The summed E-state index contributed by atoms with van der Waals surface area (Å²) in [4.78, 5) is 2.30. The molecule has 0 saturated heterocycles. The average molecular weight is 303 g/mol. The molecule has 0 radical (unpaired) electrons. The summed E-state index contributed by atoms with van der Waals surface area (Å²) in [6.45, 7) is 1.58. The van der Waals surface area contributed by atoms with E-state index in [1.165, 1.54) is 11.3 Å². The van der Waals surface area contributed by atoms with E-state index in [1.54, 1.807) is 7.11 Å². The van der Waals surface area contributed by atoms with Crippen LogP contribution in [0.4, 0.5) is 5.69 Å². The molecule has 0 spiro atoms. The fraction of sp³-hybridized carbons (Fsp3) is 0.294. The first-order valence-corrected chi connectivity index (χ1v) is 7.46. The van der Waals surface area contributed by atoms with Gasteiger partial charge in [0.1, 0.15) is 5.75 Å². The van der Waals surface area contributed by atoms with Crippen molar-refractivity contribution in [1.29, 1.82) is 0 Å². The molecule has 4 heteroatoms. The van der Waals surface area contributed by atoms with E-state index in [2.05, 4.69) is 29.2 Å². The lowest BCUT2D eigenvalue weighted by atomic mass is 9.98. The van der Waals surface area contributed by atoms with E-state index < -0.39 is 0 Å². The Morgan fingerprint density at radius 3 is 2.90 bits per heavy atom. The summed E-state index contributed by atoms with van der Waals surface area (Å²) in [7, 11) is 1.68. The standard InChI is InChI=1S/C17H19ClN2O/c1-21-17-7-6-14(18)8-13(17)10-20-11-15(19)9-12-4-2-3-5-16(12)20/h2-8,15H,9-11,19H2,1H3. The van der Waals surface area contributed by atoms with Crippen LogP contribution in [0.5, 0.6) is 5.75 Å². The summed E-state index contributed by atoms with van der Waals surface area (Å²) < 4.78 is 5.44. The fourth-order valence-corrected chi connectivity index (χ4v) is 3.14. The van der Waals surface area contributed by atoms with Crippen molar-refractivity contribution in [1.82, 2.24) is 0 Å². The maximum absolute atomic E-state index is 6.20. The number of rotatable bonds is 3. The molecular formula is C17H19ClN2O. The molecule has 21 heavy (non-hydrogen) atoms. The van der Waals surface area contributed by atoms with Gasteiger partial charge in [0, 0.05) is 35.4 Å². The molecule has 1 unspecified atom stereocenters. The lowest BCUT2D eigenvalue weighted by Crippen LogP contribution is -2.42. The fourth-order valence-electron chi connectivity index (χ4n) is 2.95. The van der Waals surface area contributed by atoms with E-state index in [0.717, 1.165) is 35.8 Å². The molecule has 1 heterocycles. The van der Waals surface area contributed by atoms with Crippen LogP contribution in [0, 0.1) is 0 Å². The van der Waals surface area contributed by atoms with Gasteiger partial charge < -0.3 is 15.4 Å². The number of hydrogen-bond donors (Lipinski definition) is 1. The monoisotopic (exact) mass is 302 g/mol. The number of nitrogens with zero attached hydrogens (tertiary/aromatic N) is 1. The molecule has 3 nitrogen and oxygen atoms in total. The Morgan fingerprint density at radius 1 is 1.29 bits per heavy atom. The van der Waals surface area contributed by atoms with Crippen molar-refractivity contribution in [3.05, 3.63) is 58.6 Å². The number of para-hydroxylation sites is 1. The SMILES string of the molecule is COc1ccc(Cl)cc1CN1CC(N)Cc2ccccc21. The lowest BCUT2D eigenvalue weighted by Gasteiger charge is -2.35. The van der Waals surface area contributed by atoms with Crippen molar-refractivity contribution in [3.8, 4) is 5.75 Å². The van der Waals surface area contributed by atoms with E-state index >= 15 is 0 Å². The highest BCUT2D eigenvalue weighted by atomic mass is 35.5. The molecule has 0 fully saturated rings. The third-order valence-electron chi connectivity index (χ3n) is 3.87. The Bertz CT molecular complexity index is 644. The van der Waals surface area contributed by atoms with Gasteiger partial charge >= 0.3 is 0 Å². The first-order valence-electron chi connectivity index (χ1n) is 7.08. The van der Waals surface area contributed by atoms with Crippen molar-refractivity contribution in [2.45, 2.75) is 19.0 Å². The van der Waals surface area contributed by atoms with Crippen LogP contribution in [0.2, 0.25) is 5.02 Å². The normalized spacial score (nSPS) is 17.5. The van der Waals surface area contributed by atoms with Gasteiger partial charge in [0.2, 0.25) is 0 Å². The van der Waals surface area contributed by atoms with Crippen molar-refractivity contribution in [3.63, 3.8) is 0 Å². The van der Waals surface area contributed by atoms with Crippen LogP contribution in [0.15, 0.2) is 42.5 Å². The van der Waals surface area contributed by atoms with Crippen LogP contribution in [0.1, 0.15) is 11.1 Å². The summed E-state index contributed by atoms with van der Waals surface area (Å²) in [5, 5.41) is 0.723. The zero-order valence-electron chi connectivity index (χ0n) is 12.1. The summed E-state index contributed by atoms with van der Waals surface area (Å²) in [5.74, 6) is 0.857. The first kappa shape index (κ1) is 14.2. The molecule has 0 amide bonds. The molecule has 0 aromatic heterocycles. The van der Waals surface area contributed by atoms with Crippen LogP contribution in [-0.4, -0.2) is 19.7 Å². The highest BCUT2D eigenvalue weighted by Gasteiger charge is 2.22. The van der Waals surface area contributed by atoms with E-state index in [1.807, 2.05) is 18.2 Å². The molecule has 1 aliphatic heterocycles. The van der Waals surface area contributed by atoms with Crippen LogP contribution >= 0.6 is 11.6 Å². The summed E-state index contributed by atoms with van der Waals surface area (Å²) >= 11 is 6.12. The number of benzene rings is 2. The molecule has 2 aromatic carbocycles. The molecule has 0 bridgehead atoms. The van der Waals surface area contributed by atoms with Gasteiger partial charge in [-0.05, 0) is 36.2 Å². The zero-order valence-corrected chi connectivity index (χ0v) is 12.8. The van der Waals surface area contributed by atoms with Gasteiger partial charge in [0.15, 0.2) is 0 Å². The summed E-state index contributed by atoms with van der Waals surface area (Å²) in [6, 6.07) is 14.3. The minimum absolute atomic E-state index is 0.157. The smallest absolute Gasteiger partial charge is 0.123 e. The van der Waals surface area contributed by atoms with Crippen molar-refractivity contribution in [2.24, 2.45) is 5.73 Å². The van der Waals surface area contributed by atoms with Crippen LogP contribution in [0.25, 0.3) is 0 Å². The largest absolute Gasteiger partial charge is 0.496 e. The number of anilines is 1. The van der Waals surface area contributed by atoms with E-state index in [9.17, 15) is 0 Å². The Balaban J connectivity index is 1.93. The van der Waals surface area contributed by atoms with E-state index in [-0.39, 0.29) is 6.04 Å².